The van der Waals surface area contributed by atoms with Crippen molar-refractivity contribution in [2.45, 2.75) is 68.5 Å². The number of carbonyl (C=O) groups is 1. The molecule has 18 heavy (non-hydrogen) atoms. The van der Waals surface area contributed by atoms with Gasteiger partial charge in [0.1, 0.15) is 5.78 Å². The van der Waals surface area contributed by atoms with Crippen LogP contribution in [0.15, 0.2) is 0 Å². The number of carbonyl (C=O) groups excluding carboxylic acids is 1. The Kier molecular flexibility index (Phi) is 3.66. The number of hydrogen-bond acceptors (Lipinski definition) is 1. The quantitative estimate of drug-likeness (QED) is 0.598. The Morgan fingerprint density at radius 3 is 2.61 bits per heavy atom. The topological polar surface area (TPSA) is 17.1 Å². The van der Waals surface area contributed by atoms with Crippen molar-refractivity contribution in [1.29, 1.82) is 0 Å². The third-order valence-corrected chi connectivity index (χ3v) is 6.87. The van der Waals surface area contributed by atoms with Crippen LogP contribution in [0.4, 0.5) is 0 Å². The van der Waals surface area contributed by atoms with Gasteiger partial charge >= 0.3 is 0 Å². The van der Waals surface area contributed by atoms with Crippen LogP contribution in [0.3, 0.4) is 0 Å². The largest absolute Gasteiger partial charge is 0.299 e. The van der Waals surface area contributed by atoms with Crippen LogP contribution in [0.5, 0.6) is 0 Å². The minimum absolute atomic E-state index is 0.0235. The van der Waals surface area contributed by atoms with Crippen molar-refractivity contribution in [3.63, 3.8) is 0 Å². The lowest BCUT2D eigenvalue weighted by Crippen LogP contribution is -2.65. The summed E-state index contributed by atoms with van der Waals surface area (Å²) in [5.74, 6) is 1.05. The van der Waals surface area contributed by atoms with Gasteiger partial charge in [0.05, 0.1) is 10.8 Å². The standard InChI is InChI=1S/C15H22Cl2O/c16-13-12-11(18)8-10-6-4-2-1-3-5-7-15(12,9-10)14(13)17/h10,12-14H,1-9H2/t10-,12+,13+,14-,15+/m0/s1. The second kappa shape index (κ2) is 4.98. The van der Waals surface area contributed by atoms with Gasteiger partial charge in [0, 0.05) is 12.3 Å². The number of fused-ring (bicyclic) bond motifs is 1. The smallest absolute Gasteiger partial charge is 0.138 e. The molecule has 0 aliphatic heterocycles. The molecule has 0 aromatic carbocycles. The van der Waals surface area contributed by atoms with Crippen molar-refractivity contribution in [3.05, 3.63) is 0 Å². The Bertz CT molecular complexity index is 343. The molecule has 0 N–H and O–H groups in total. The molecule has 0 amide bonds. The maximum Gasteiger partial charge on any atom is 0.138 e. The van der Waals surface area contributed by atoms with E-state index in [1.165, 1.54) is 38.5 Å². The Morgan fingerprint density at radius 1 is 1.06 bits per heavy atom. The second-order valence-corrected chi connectivity index (χ2v) is 7.58. The second-order valence-electron chi connectivity index (χ2n) is 6.60. The summed E-state index contributed by atoms with van der Waals surface area (Å²) in [6, 6.07) is 0. The molecule has 3 rings (SSSR count). The normalized spacial score (nSPS) is 49.1. The SMILES string of the molecule is O=C1C[C@@H]2CCCCCCC[C@@]3(C2)[C@H]1[C@@H](Cl)[C@@H]3Cl. The van der Waals surface area contributed by atoms with Gasteiger partial charge in [-0.2, -0.15) is 0 Å². The van der Waals surface area contributed by atoms with E-state index in [9.17, 15) is 4.79 Å². The zero-order valence-corrected chi connectivity index (χ0v) is 12.3. The van der Waals surface area contributed by atoms with Crippen LogP contribution in [0.25, 0.3) is 0 Å². The van der Waals surface area contributed by atoms with Gasteiger partial charge in [-0.1, -0.05) is 38.5 Å². The fourth-order valence-corrected chi connectivity index (χ4v) is 5.75. The molecule has 1 spiro atoms. The molecule has 3 saturated carbocycles. The lowest BCUT2D eigenvalue weighted by Gasteiger charge is -2.60. The van der Waals surface area contributed by atoms with Gasteiger partial charge in [-0.05, 0) is 24.2 Å². The van der Waals surface area contributed by atoms with Crippen molar-refractivity contribution >= 4 is 29.0 Å². The summed E-state index contributed by atoms with van der Waals surface area (Å²) in [7, 11) is 0. The molecule has 3 heteroatoms. The zero-order valence-electron chi connectivity index (χ0n) is 10.8. The number of alkyl halides is 2. The monoisotopic (exact) mass is 288 g/mol. The predicted octanol–water partition coefficient (Wildman–Crippen LogP) is 4.54. The first kappa shape index (κ1) is 13.2. The van der Waals surface area contributed by atoms with E-state index >= 15 is 0 Å². The molecule has 3 aliphatic rings. The summed E-state index contributed by atoms with van der Waals surface area (Å²) in [5, 5.41) is -0.0848. The number of rotatable bonds is 0. The molecule has 0 saturated heterocycles. The average molecular weight is 289 g/mol. The van der Waals surface area contributed by atoms with Crippen LogP contribution in [0.1, 0.15) is 57.8 Å². The van der Waals surface area contributed by atoms with Crippen LogP contribution in [-0.4, -0.2) is 16.5 Å². The van der Waals surface area contributed by atoms with E-state index in [0.29, 0.717) is 11.7 Å². The molecule has 1 nitrogen and oxygen atoms in total. The first-order chi connectivity index (χ1) is 8.65. The van der Waals surface area contributed by atoms with Gasteiger partial charge in [0.15, 0.2) is 0 Å². The van der Waals surface area contributed by atoms with E-state index in [0.717, 1.165) is 19.3 Å². The summed E-state index contributed by atoms with van der Waals surface area (Å²) in [6.07, 6.45) is 10.7. The Morgan fingerprint density at radius 2 is 1.78 bits per heavy atom. The maximum atomic E-state index is 12.3. The van der Waals surface area contributed by atoms with Crippen LogP contribution in [0, 0.1) is 17.3 Å². The van der Waals surface area contributed by atoms with Gasteiger partial charge in [-0.15, -0.1) is 23.2 Å². The van der Waals surface area contributed by atoms with Crippen LogP contribution in [0.2, 0.25) is 0 Å². The zero-order chi connectivity index (χ0) is 12.8. The Labute approximate surface area is 120 Å². The third-order valence-electron chi connectivity index (χ3n) is 5.53. The molecule has 5 atom stereocenters. The van der Waals surface area contributed by atoms with Crippen LogP contribution < -0.4 is 0 Å². The fraction of sp³-hybridized carbons (Fsp3) is 0.933. The third kappa shape index (κ3) is 1.93. The number of hydrogen-bond donors (Lipinski definition) is 0. The highest BCUT2D eigenvalue weighted by Crippen LogP contribution is 2.63. The number of Topliss-reactive ketones (excluding diaryl/α,β-unsaturated/α-hetero) is 1. The van der Waals surface area contributed by atoms with E-state index in [-0.39, 0.29) is 22.1 Å². The van der Waals surface area contributed by atoms with Crippen molar-refractivity contribution in [3.8, 4) is 0 Å². The highest BCUT2D eigenvalue weighted by Gasteiger charge is 2.65. The van der Waals surface area contributed by atoms with E-state index in [4.69, 9.17) is 23.2 Å². The van der Waals surface area contributed by atoms with Gasteiger partial charge in [-0.3, -0.25) is 4.79 Å². The van der Waals surface area contributed by atoms with Crippen molar-refractivity contribution in [1.82, 2.24) is 0 Å². The number of halogens is 2. The Balaban J connectivity index is 1.84. The summed E-state index contributed by atoms with van der Waals surface area (Å²) in [4.78, 5) is 12.3. The molecule has 0 radical (unpaired) electrons. The number of ketones is 1. The Hall–Kier alpha value is 0.250. The minimum atomic E-state index is -0.108. The van der Waals surface area contributed by atoms with Crippen LogP contribution in [-0.2, 0) is 4.79 Å². The van der Waals surface area contributed by atoms with Crippen LogP contribution >= 0.6 is 23.2 Å². The summed E-state index contributed by atoms with van der Waals surface area (Å²) in [6.45, 7) is 0. The molecule has 0 heterocycles. The molecule has 3 aliphatic carbocycles. The van der Waals surface area contributed by atoms with E-state index in [1.54, 1.807) is 0 Å². The minimum Gasteiger partial charge on any atom is -0.299 e. The summed E-state index contributed by atoms with van der Waals surface area (Å²) in [5.41, 5.74) is 0.0608. The maximum absolute atomic E-state index is 12.3. The molecule has 0 aromatic heterocycles. The highest BCUT2D eigenvalue weighted by atomic mass is 35.5. The molecule has 102 valence electrons. The van der Waals surface area contributed by atoms with E-state index < -0.39 is 0 Å². The van der Waals surface area contributed by atoms with Gasteiger partial charge < -0.3 is 0 Å². The lowest BCUT2D eigenvalue weighted by molar-refractivity contribution is -0.143. The summed E-state index contributed by atoms with van der Waals surface area (Å²) < 4.78 is 0. The van der Waals surface area contributed by atoms with E-state index in [1.807, 2.05) is 0 Å². The molecule has 0 aromatic rings. The first-order valence-corrected chi connectivity index (χ1v) is 8.33. The van der Waals surface area contributed by atoms with Gasteiger partial charge in [-0.25, -0.2) is 0 Å². The predicted molar refractivity (Wildman–Crippen MR) is 75.3 cm³/mol. The van der Waals surface area contributed by atoms with Crippen molar-refractivity contribution in [2.24, 2.45) is 17.3 Å². The fourth-order valence-electron chi connectivity index (χ4n) is 4.63. The molecule has 3 fully saturated rings. The molecular formula is C15H22Cl2O. The van der Waals surface area contributed by atoms with Gasteiger partial charge in [0.25, 0.3) is 0 Å². The highest BCUT2D eigenvalue weighted by molar-refractivity contribution is 6.33. The molecule has 2 bridgehead atoms. The summed E-state index contributed by atoms with van der Waals surface area (Å²) >= 11 is 12.9. The first-order valence-electron chi connectivity index (χ1n) is 7.46. The van der Waals surface area contributed by atoms with Gasteiger partial charge in [0.2, 0.25) is 0 Å². The van der Waals surface area contributed by atoms with Crippen molar-refractivity contribution in [2.75, 3.05) is 0 Å². The average Bonchev–Trinajstić information content (AvgIpc) is 2.36. The van der Waals surface area contributed by atoms with E-state index in [2.05, 4.69) is 0 Å². The molecule has 0 unspecified atom stereocenters. The van der Waals surface area contributed by atoms with Crippen molar-refractivity contribution < 1.29 is 4.79 Å². The lowest BCUT2D eigenvalue weighted by atomic mass is 9.48. The molecular weight excluding hydrogens is 267 g/mol.